The normalized spacial score (nSPS) is 16.2. The predicted octanol–water partition coefficient (Wildman–Crippen LogP) is 7.93. The van der Waals surface area contributed by atoms with Gasteiger partial charge < -0.3 is 4.98 Å². The second-order valence-electron chi connectivity index (χ2n) is 10.6. The molecule has 0 aliphatic heterocycles. The van der Waals surface area contributed by atoms with Crippen LogP contribution in [0.2, 0.25) is 0 Å². The number of aromatic amines is 2. The summed E-state index contributed by atoms with van der Waals surface area (Å²) in [5.74, 6) is 0.465. The summed E-state index contributed by atoms with van der Waals surface area (Å²) in [5, 5.41) is 10.7. The van der Waals surface area contributed by atoms with Crippen LogP contribution in [0.5, 0.6) is 0 Å². The van der Waals surface area contributed by atoms with Crippen LogP contribution in [0.4, 0.5) is 4.39 Å². The smallest absolute Gasteiger partial charge is 0.123 e. The van der Waals surface area contributed by atoms with E-state index in [0.29, 0.717) is 0 Å². The van der Waals surface area contributed by atoms with E-state index in [4.69, 9.17) is 0 Å². The molecule has 4 nitrogen and oxygen atoms in total. The van der Waals surface area contributed by atoms with Crippen molar-refractivity contribution in [3.63, 3.8) is 0 Å². The Morgan fingerprint density at radius 2 is 1.95 bits per heavy atom. The monoisotopic (exact) mass is 532 g/mol. The van der Waals surface area contributed by atoms with Crippen molar-refractivity contribution in [1.29, 1.82) is 0 Å². The van der Waals surface area contributed by atoms with Crippen molar-refractivity contribution in [1.82, 2.24) is 20.2 Å². The third-order valence-corrected chi connectivity index (χ3v) is 7.91. The van der Waals surface area contributed by atoms with E-state index in [9.17, 15) is 4.39 Å². The lowest BCUT2D eigenvalue weighted by molar-refractivity contribution is 0.358. The maximum absolute atomic E-state index is 14.0. The van der Waals surface area contributed by atoms with E-state index >= 15 is 0 Å². The summed E-state index contributed by atoms with van der Waals surface area (Å²) in [5.41, 5.74) is 7.41. The Morgan fingerprint density at radius 1 is 1.12 bits per heavy atom. The molecule has 0 bridgehead atoms. The fourth-order valence-electron chi connectivity index (χ4n) is 5.74. The molecule has 1 saturated carbocycles. The van der Waals surface area contributed by atoms with Crippen LogP contribution in [0.15, 0.2) is 90.8 Å². The lowest BCUT2D eigenvalue weighted by Crippen LogP contribution is -2.23. The second kappa shape index (κ2) is 12.3. The summed E-state index contributed by atoms with van der Waals surface area (Å²) in [6.45, 7) is 12.6. The summed E-state index contributed by atoms with van der Waals surface area (Å²) in [7, 11) is 0. The van der Waals surface area contributed by atoms with Crippen LogP contribution in [0.3, 0.4) is 0 Å². The molecule has 0 unspecified atom stereocenters. The molecular formula is C35H37FN4. The predicted molar refractivity (Wildman–Crippen MR) is 165 cm³/mol. The van der Waals surface area contributed by atoms with Crippen molar-refractivity contribution in [3.05, 3.63) is 107 Å². The maximum Gasteiger partial charge on any atom is 0.123 e. The summed E-state index contributed by atoms with van der Waals surface area (Å²) in [4.78, 5) is 7.87. The molecule has 0 spiro atoms. The average molecular weight is 533 g/mol. The Morgan fingerprint density at radius 3 is 2.67 bits per heavy atom. The molecule has 0 radical (unpaired) electrons. The van der Waals surface area contributed by atoms with Gasteiger partial charge in [-0.2, -0.15) is 5.10 Å². The highest BCUT2D eigenvalue weighted by Crippen LogP contribution is 2.32. The first-order chi connectivity index (χ1) is 19.5. The number of nitrogens with zero attached hydrogens (tertiary/aromatic N) is 2. The van der Waals surface area contributed by atoms with Crippen LogP contribution in [-0.4, -0.2) is 20.2 Å². The van der Waals surface area contributed by atoms with Gasteiger partial charge in [-0.15, -0.1) is 0 Å². The Balaban J connectivity index is 1.52. The van der Waals surface area contributed by atoms with Gasteiger partial charge in [0.05, 0.1) is 22.8 Å². The number of halogens is 1. The molecule has 40 heavy (non-hydrogen) atoms. The van der Waals surface area contributed by atoms with Gasteiger partial charge in [-0.05, 0) is 72.7 Å². The first-order valence-electron chi connectivity index (χ1n) is 14.1. The van der Waals surface area contributed by atoms with Crippen LogP contribution >= 0.6 is 0 Å². The largest absolute Gasteiger partial charge is 0.352 e. The van der Waals surface area contributed by atoms with Crippen LogP contribution in [0.25, 0.3) is 45.6 Å². The summed E-state index contributed by atoms with van der Waals surface area (Å²) in [6.07, 6.45) is 21.7. The number of pyridine rings is 1. The molecule has 0 amide bonds. The van der Waals surface area contributed by atoms with Crippen LogP contribution in [-0.2, 0) is 0 Å². The zero-order valence-electron chi connectivity index (χ0n) is 23.4. The zero-order valence-corrected chi connectivity index (χ0v) is 23.4. The Labute approximate surface area is 235 Å². The van der Waals surface area contributed by atoms with E-state index in [1.54, 1.807) is 18.5 Å². The first-order valence-corrected chi connectivity index (χ1v) is 14.1. The molecule has 0 atom stereocenters. The molecule has 5 heteroatoms. The molecule has 1 aliphatic carbocycles. The molecule has 1 aliphatic rings. The molecule has 204 valence electrons. The first kappa shape index (κ1) is 27.3. The van der Waals surface area contributed by atoms with Gasteiger partial charge >= 0.3 is 0 Å². The number of rotatable bonds is 8. The maximum atomic E-state index is 14.0. The van der Waals surface area contributed by atoms with Gasteiger partial charge in [-0.3, -0.25) is 10.1 Å². The third-order valence-electron chi connectivity index (χ3n) is 7.91. The van der Waals surface area contributed by atoms with E-state index in [-0.39, 0.29) is 5.82 Å². The Hall–Kier alpha value is -4.25. The van der Waals surface area contributed by atoms with E-state index in [1.807, 2.05) is 32.1 Å². The molecule has 2 N–H and O–H groups in total. The van der Waals surface area contributed by atoms with Gasteiger partial charge in [-0.25, -0.2) is 4.39 Å². The van der Waals surface area contributed by atoms with Crippen molar-refractivity contribution < 1.29 is 4.39 Å². The number of H-pyrrole nitrogens is 2. The number of benzene rings is 1. The van der Waals surface area contributed by atoms with Crippen molar-refractivity contribution in [2.45, 2.75) is 52.4 Å². The lowest BCUT2D eigenvalue weighted by atomic mass is 9.84. The van der Waals surface area contributed by atoms with Crippen LogP contribution < -0.4 is 10.6 Å². The van der Waals surface area contributed by atoms with Crippen molar-refractivity contribution >= 4 is 23.1 Å². The topological polar surface area (TPSA) is 57.4 Å². The molecule has 1 fully saturated rings. The van der Waals surface area contributed by atoms with Gasteiger partial charge in [0.1, 0.15) is 11.5 Å². The van der Waals surface area contributed by atoms with E-state index in [1.165, 1.54) is 49.8 Å². The van der Waals surface area contributed by atoms with Crippen LogP contribution in [0, 0.1) is 11.7 Å². The Kier molecular flexibility index (Phi) is 8.40. The molecule has 1 aromatic carbocycles. The number of hydrogen-bond acceptors (Lipinski definition) is 2. The summed E-state index contributed by atoms with van der Waals surface area (Å²) in [6, 6.07) is 8.65. The van der Waals surface area contributed by atoms with Gasteiger partial charge in [0, 0.05) is 22.4 Å². The highest BCUT2D eigenvalue weighted by atomic mass is 19.1. The van der Waals surface area contributed by atoms with Crippen molar-refractivity contribution in [2.75, 3.05) is 0 Å². The fourth-order valence-corrected chi connectivity index (χ4v) is 5.74. The number of fused-ring (bicyclic) bond motifs is 1. The third kappa shape index (κ3) is 5.84. The van der Waals surface area contributed by atoms with Crippen molar-refractivity contribution in [2.24, 2.45) is 5.92 Å². The van der Waals surface area contributed by atoms with Gasteiger partial charge in [0.15, 0.2) is 0 Å². The minimum absolute atomic E-state index is 0.275. The molecule has 4 aromatic rings. The number of aromatic nitrogens is 4. The van der Waals surface area contributed by atoms with Gasteiger partial charge in [0.2, 0.25) is 0 Å². The number of nitrogens with one attached hydrogen (secondary N) is 2. The van der Waals surface area contributed by atoms with Crippen molar-refractivity contribution in [3.8, 4) is 22.5 Å². The lowest BCUT2D eigenvalue weighted by Gasteiger charge is -2.22. The van der Waals surface area contributed by atoms with E-state index < -0.39 is 0 Å². The second-order valence-corrected chi connectivity index (χ2v) is 10.6. The number of hydrogen-bond donors (Lipinski definition) is 2. The van der Waals surface area contributed by atoms with Crippen LogP contribution in [0.1, 0.15) is 52.4 Å². The molecule has 3 heterocycles. The minimum Gasteiger partial charge on any atom is -0.352 e. The standard InChI is InChI=1S/C35H37FN4/c1-5-24(17-25-12-9-8-10-13-25)18-26(6-2)23(4)16-30-32(7-3)39-40-35(30)33-20-29-31(21-37-22-34(29)38-33)27-14-11-15-28(36)19-27/h5-7,11,14-16,18-22,25,38-39H,1,4,8-10,12-13,17H2,2-3H3/b24-18+,26-6+,30-16+,32-7+. The molecule has 3 aromatic heterocycles. The highest BCUT2D eigenvalue weighted by molar-refractivity contribution is 5.97. The quantitative estimate of drug-likeness (QED) is 0.226. The molecule has 0 saturated heterocycles. The average Bonchev–Trinajstić information content (AvgIpc) is 3.59. The van der Waals surface area contributed by atoms with E-state index in [2.05, 4.69) is 57.6 Å². The fraction of sp³-hybridized carbons (Fsp3) is 0.257. The van der Waals surface area contributed by atoms with Gasteiger partial charge in [-0.1, -0.05) is 81.7 Å². The van der Waals surface area contributed by atoms with E-state index in [0.717, 1.165) is 67.5 Å². The molecular weight excluding hydrogens is 495 g/mol. The SMILES string of the molecule is C=C/C(=C\C(=C/C)C(=C)/C=c1/c(-c2cc3c(-c4cccc(F)c4)cncc3[nH]2)n[nH]/c1=C/C)CC1CCCCC1. The summed E-state index contributed by atoms with van der Waals surface area (Å²) < 4.78 is 14.0. The Bertz CT molecular complexity index is 1720. The summed E-state index contributed by atoms with van der Waals surface area (Å²) >= 11 is 0. The molecule has 5 rings (SSSR count). The zero-order chi connectivity index (χ0) is 28.1. The highest BCUT2D eigenvalue weighted by Gasteiger charge is 2.16. The number of allylic oxidation sites excluding steroid dienone is 6. The van der Waals surface area contributed by atoms with Gasteiger partial charge in [0.25, 0.3) is 0 Å². The minimum atomic E-state index is -0.275.